The maximum atomic E-state index is 4.88. The maximum absolute atomic E-state index is 4.88. The Labute approximate surface area is 169 Å². The number of nitrogens with one attached hydrogen (secondary N) is 2. The Kier molecular flexibility index (Phi) is 8.75. The van der Waals surface area contributed by atoms with Gasteiger partial charge in [-0.25, -0.2) is 0 Å². The summed E-state index contributed by atoms with van der Waals surface area (Å²) in [5.74, 6) is 0.970. The zero-order valence-electron chi connectivity index (χ0n) is 15.2. The minimum absolute atomic E-state index is 0. The Bertz CT molecular complexity index is 550. The number of hydrogen-bond donors (Lipinski definition) is 2. The van der Waals surface area contributed by atoms with Gasteiger partial charge in [-0.2, -0.15) is 0 Å². The fourth-order valence-corrected chi connectivity index (χ4v) is 3.57. The van der Waals surface area contributed by atoms with Crippen molar-refractivity contribution in [3.63, 3.8) is 0 Å². The smallest absolute Gasteiger partial charge is 0.191 e. The zero-order chi connectivity index (χ0) is 16.6. The van der Waals surface area contributed by atoms with Crippen molar-refractivity contribution in [1.82, 2.24) is 15.5 Å². The van der Waals surface area contributed by atoms with Crippen LogP contribution in [0.4, 0.5) is 0 Å². The molecule has 1 aliphatic heterocycles. The van der Waals surface area contributed by atoms with E-state index >= 15 is 0 Å². The van der Waals surface area contributed by atoms with Crippen LogP contribution in [0.5, 0.6) is 0 Å². The summed E-state index contributed by atoms with van der Waals surface area (Å²) in [7, 11) is 0. The Morgan fingerprint density at radius 1 is 1.20 bits per heavy atom. The average molecular weight is 454 g/mol. The van der Waals surface area contributed by atoms with Crippen molar-refractivity contribution < 1.29 is 0 Å². The largest absolute Gasteiger partial charge is 0.357 e. The molecule has 0 radical (unpaired) electrons. The first-order chi connectivity index (χ1) is 11.8. The van der Waals surface area contributed by atoms with Gasteiger partial charge in [-0.05, 0) is 44.7 Å². The minimum atomic E-state index is 0. The molecule has 1 saturated heterocycles. The van der Waals surface area contributed by atoms with Crippen LogP contribution in [0.25, 0.3) is 0 Å². The van der Waals surface area contributed by atoms with Gasteiger partial charge < -0.3 is 10.6 Å². The van der Waals surface area contributed by atoms with Gasteiger partial charge in [0, 0.05) is 25.2 Å². The molecule has 138 valence electrons. The van der Waals surface area contributed by atoms with Crippen molar-refractivity contribution in [3.05, 3.63) is 48.0 Å². The Morgan fingerprint density at radius 3 is 2.68 bits per heavy atom. The molecular weight excluding hydrogens is 423 g/mol. The molecule has 1 heterocycles. The zero-order valence-corrected chi connectivity index (χ0v) is 17.5. The van der Waals surface area contributed by atoms with E-state index in [1.54, 1.807) is 0 Å². The van der Waals surface area contributed by atoms with Gasteiger partial charge in [0.15, 0.2) is 5.96 Å². The lowest BCUT2D eigenvalue weighted by atomic mass is 10.2. The lowest BCUT2D eigenvalue weighted by Gasteiger charge is -2.24. The van der Waals surface area contributed by atoms with E-state index in [-0.39, 0.29) is 24.0 Å². The quantitative estimate of drug-likeness (QED) is 0.299. The predicted octanol–water partition coefficient (Wildman–Crippen LogP) is 3.54. The van der Waals surface area contributed by atoms with E-state index in [1.165, 1.54) is 24.9 Å². The van der Waals surface area contributed by atoms with Gasteiger partial charge in [0.2, 0.25) is 0 Å². The highest BCUT2D eigenvalue weighted by Gasteiger charge is 2.24. The van der Waals surface area contributed by atoms with E-state index in [0.717, 1.165) is 38.4 Å². The van der Waals surface area contributed by atoms with Crippen molar-refractivity contribution in [2.24, 2.45) is 4.99 Å². The summed E-state index contributed by atoms with van der Waals surface area (Å²) in [5, 5.41) is 6.95. The number of hydrogen-bond acceptors (Lipinski definition) is 2. The molecule has 0 aromatic heterocycles. The van der Waals surface area contributed by atoms with E-state index in [9.17, 15) is 0 Å². The van der Waals surface area contributed by atoms with Gasteiger partial charge in [0.25, 0.3) is 0 Å². The standard InChI is InChI=1S/C20H30N4.HI/c1-2-21-20(23-18-11-6-7-12-18)22-15-19-13-8-14-24(19)16-17-9-4-3-5-10-17;/h3-7,9-10,18-19H,2,8,11-16H2,1H3,(H2,21,22,23);1H. The molecule has 1 aromatic carbocycles. The Hall–Kier alpha value is -1.08. The molecule has 5 heteroatoms. The number of aliphatic imine (C=N–C) groups is 1. The number of halogens is 1. The molecule has 0 spiro atoms. The molecule has 2 aliphatic rings. The van der Waals surface area contributed by atoms with E-state index < -0.39 is 0 Å². The van der Waals surface area contributed by atoms with Crippen LogP contribution < -0.4 is 10.6 Å². The SMILES string of the molecule is CCNC(=NCC1CCCN1Cc1ccccc1)NC1CC=CC1.I. The van der Waals surface area contributed by atoms with Crippen LogP contribution in [0, 0.1) is 0 Å². The summed E-state index contributed by atoms with van der Waals surface area (Å²) < 4.78 is 0. The van der Waals surface area contributed by atoms with E-state index in [2.05, 4.69) is 64.9 Å². The summed E-state index contributed by atoms with van der Waals surface area (Å²) in [6, 6.07) is 11.8. The summed E-state index contributed by atoms with van der Waals surface area (Å²) in [6.07, 6.45) is 9.24. The third kappa shape index (κ3) is 6.29. The molecule has 0 saturated carbocycles. The van der Waals surface area contributed by atoms with Crippen LogP contribution in [-0.4, -0.2) is 42.6 Å². The molecule has 3 rings (SSSR count). The van der Waals surface area contributed by atoms with Crippen molar-refractivity contribution in [1.29, 1.82) is 0 Å². The normalized spacial score (nSPS) is 21.3. The monoisotopic (exact) mass is 454 g/mol. The highest BCUT2D eigenvalue weighted by atomic mass is 127. The molecule has 1 fully saturated rings. The first-order valence-corrected chi connectivity index (χ1v) is 9.33. The second-order valence-corrected chi connectivity index (χ2v) is 6.76. The lowest BCUT2D eigenvalue weighted by molar-refractivity contribution is 0.250. The first-order valence-electron chi connectivity index (χ1n) is 9.33. The number of guanidine groups is 1. The van der Waals surface area contributed by atoms with E-state index in [1.807, 2.05) is 0 Å². The number of nitrogens with zero attached hydrogens (tertiary/aromatic N) is 2. The predicted molar refractivity (Wildman–Crippen MR) is 117 cm³/mol. The molecule has 2 N–H and O–H groups in total. The van der Waals surface area contributed by atoms with E-state index in [4.69, 9.17) is 4.99 Å². The van der Waals surface area contributed by atoms with Crippen LogP contribution in [0.3, 0.4) is 0 Å². The van der Waals surface area contributed by atoms with Crippen LogP contribution in [0.1, 0.15) is 38.2 Å². The van der Waals surface area contributed by atoms with Gasteiger partial charge >= 0.3 is 0 Å². The number of rotatable bonds is 6. The average Bonchev–Trinajstić information content (AvgIpc) is 3.26. The summed E-state index contributed by atoms with van der Waals surface area (Å²) >= 11 is 0. The third-order valence-corrected chi connectivity index (χ3v) is 4.88. The van der Waals surface area contributed by atoms with Gasteiger partial charge in [0.05, 0.1) is 6.54 Å². The Morgan fingerprint density at radius 2 is 1.96 bits per heavy atom. The lowest BCUT2D eigenvalue weighted by Crippen LogP contribution is -2.43. The van der Waals surface area contributed by atoms with Gasteiger partial charge in [0.1, 0.15) is 0 Å². The summed E-state index contributed by atoms with van der Waals surface area (Å²) in [6.45, 7) is 6.14. The topological polar surface area (TPSA) is 39.7 Å². The molecule has 25 heavy (non-hydrogen) atoms. The van der Waals surface area contributed by atoms with Crippen molar-refractivity contribution in [2.45, 2.75) is 51.2 Å². The molecule has 0 amide bonds. The number of likely N-dealkylation sites (tertiary alicyclic amines) is 1. The van der Waals surface area contributed by atoms with Crippen LogP contribution in [0.2, 0.25) is 0 Å². The number of benzene rings is 1. The highest BCUT2D eigenvalue weighted by Crippen LogP contribution is 2.20. The third-order valence-electron chi connectivity index (χ3n) is 4.88. The molecule has 4 nitrogen and oxygen atoms in total. The van der Waals surface area contributed by atoms with Gasteiger partial charge in [-0.3, -0.25) is 9.89 Å². The Balaban J connectivity index is 0.00000225. The fraction of sp³-hybridized carbons (Fsp3) is 0.550. The second kappa shape index (κ2) is 10.8. The van der Waals surface area contributed by atoms with Gasteiger partial charge in [-0.15, -0.1) is 24.0 Å². The van der Waals surface area contributed by atoms with Crippen LogP contribution >= 0.6 is 24.0 Å². The van der Waals surface area contributed by atoms with E-state index in [0.29, 0.717) is 12.1 Å². The van der Waals surface area contributed by atoms with Crippen molar-refractivity contribution in [3.8, 4) is 0 Å². The summed E-state index contributed by atoms with van der Waals surface area (Å²) in [5.41, 5.74) is 1.40. The molecule has 1 atom stereocenters. The second-order valence-electron chi connectivity index (χ2n) is 6.76. The highest BCUT2D eigenvalue weighted by molar-refractivity contribution is 14.0. The maximum Gasteiger partial charge on any atom is 0.191 e. The summed E-state index contributed by atoms with van der Waals surface area (Å²) in [4.78, 5) is 7.46. The molecule has 1 unspecified atom stereocenters. The minimum Gasteiger partial charge on any atom is -0.357 e. The molecule has 1 aromatic rings. The first kappa shape index (κ1) is 20.2. The molecular formula is C20H31IN4. The molecule has 0 bridgehead atoms. The van der Waals surface area contributed by atoms with Crippen LogP contribution in [-0.2, 0) is 6.54 Å². The van der Waals surface area contributed by atoms with Crippen molar-refractivity contribution >= 4 is 29.9 Å². The van der Waals surface area contributed by atoms with Gasteiger partial charge in [-0.1, -0.05) is 42.5 Å². The van der Waals surface area contributed by atoms with Crippen molar-refractivity contribution in [2.75, 3.05) is 19.6 Å². The fourth-order valence-electron chi connectivity index (χ4n) is 3.57. The van der Waals surface area contributed by atoms with Crippen LogP contribution in [0.15, 0.2) is 47.5 Å². The molecule has 1 aliphatic carbocycles.